The van der Waals surface area contributed by atoms with Crippen LogP contribution in [0.25, 0.3) is 0 Å². The van der Waals surface area contributed by atoms with E-state index in [1.54, 1.807) is 0 Å². The van der Waals surface area contributed by atoms with Crippen molar-refractivity contribution in [3.05, 3.63) is 10.4 Å². The number of anilines is 1. The number of nitrogens with two attached hydrogens (primary N) is 2. The normalized spacial score (nSPS) is 24.0. The Kier molecular flexibility index (Phi) is 4.36. The summed E-state index contributed by atoms with van der Waals surface area (Å²) in [7, 11) is -4.83. The van der Waals surface area contributed by atoms with Crippen molar-refractivity contribution in [3.8, 4) is 0 Å². The van der Waals surface area contributed by atoms with Gasteiger partial charge in [-0.3, -0.25) is 9.35 Å². The van der Waals surface area contributed by atoms with Gasteiger partial charge < -0.3 is 16.4 Å². The molecule has 0 aliphatic carbocycles. The molecule has 3 rings (SSSR count). The maximum Gasteiger partial charge on any atom is 0.418 e. The lowest BCUT2D eigenvalue weighted by atomic mass is 10.0. The number of hydrogen-bond acceptors (Lipinski definition) is 8. The van der Waals surface area contributed by atoms with E-state index in [-0.39, 0.29) is 23.2 Å². The molecule has 0 radical (unpaired) electrons. The van der Waals surface area contributed by atoms with Gasteiger partial charge in [0.1, 0.15) is 11.7 Å². The fraction of sp³-hybridized carbons (Fsp3) is 0.455. The van der Waals surface area contributed by atoms with Gasteiger partial charge in [-0.05, 0) is 12.8 Å². The van der Waals surface area contributed by atoms with Crippen LogP contribution in [0.1, 0.15) is 22.6 Å². The molecule has 0 unspecified atom stereocenters. The molecule has 136 valence electrons. The molecule has 2 aliphatic rings. The first kappa shape index (κ1) is 17.5. The van der Waals surface area contributed by atoms with Crippen molar-refractivity contribution in [2.75, 3.05) is 12.3 Å². The van der Waals surface area contributed by atoms with Gasteiger partial charge in [0.2, 0.25) is 0 Å². The Morgan fingerprint density at radius 1 is 1.48 bits per heavy atom. The summed E-state index contributed by atoms with van der Waals surface area (Å²) in [5.41, 5.74) is 11.3. The van der Waals surface area contributed by atoms with Crippen LogP contribution < -0.4 is 11.5 Å². The summed E-state index contributed by atoms with van der Waals surface area (Å²) in [6.07, 6.45) is 0.710. The van der Waals surface area contributed by atoms with E-state index in [0.717, 1.165) is 11.3 Å². The summed E-state index contributed by atoms with van der Waals surface area (Å²) in [4.78, 5) is 33.1. The monoisotopic (exact) mass is 390 g/mol. The number of rotatable bonds is 4. The first-order chi connectivity index (χ1) is 11.7. The fourth-order valence-corrected chi connectivity index (χ4v) is 3.74. The minimum atomic E-state index is -4.83. The summed E-state index contributed by atoms with van der Waals surface area (Å²) in [6.45, 7) is 0.133. The lowest BCUT2D eigenvalue weighted by molar-refractivity contribution is -0.0316. The van der Waals surface area contributed by atoms with E-state index in [1.165, 1.54) is 10.3 Å². The second kappa shape index (κ2) is 6.21. The summed E-state index contributed by atoms with van der Waals surface area (Å²) in [5, 5.41) is 2.14. The zero-order valence-electron chi connectivity index (χ0n) is 12.6. The van der Waals surface area contributed by atoms with Crippen LogP contribution in [0.3, 0.4) is 0 Å². The number of aliphatic imine (C=N–C) groups is 1. The van der Waals surface area contributed by atoms with Crippen molar-refractivity contribution >= 4 is 45.3 Å². The highest BCUT2D eigenvalue weighted by atomic mass is 32.3. The maximum absolute atomic E-state index is 12.3. The number of fused-ring (bicyclic) bond motifs is 2. The fourth-order valence-electron chi connectivity index (χ4n) is 2.76. The second-order valence-corrected chi connectivity index (χ2v) is 7.29. The maximum atomic E-state index is 12.3. The molecule has 0 aromatic carbocycles. The summed E-state index contributed by atoms with van der Waals surface area (Å²) < 4.78 is 34.8. The van der Waals surface area contributed by atoms with Gasteiger partial charge in [-0.15, -0.1) is 15.6 Å². The molecule has 2 bridgehead atoms. The Balaban J connectivity index is 1.77. The van der Waals surface area contributed by atoms with Crippen LogP contribution in [0.5, 0.6) is 0 Å². The molecule has 5 N–H and O–H groups in total. The van der Waals surface area contributed by atoms with E-state index in [0.29, 0.717) is 17.9 Å². The first-order valence-corrected chi connectivity index (χ1v) is 9.26. The van der Waals surface area contributed by atoms with Gasteiger partial charge in [0.15, 0.2) is 5.01 Å². The van der Waals surface area contributed by atoms with Gasteiger partial charge in [0.05, 0.1) is 12.1 Å². The minimum Gasteiger partial charge on any atom is -0.385 e. The predicted molar refractivity (Wildman–Crippen MR) is 85.9 cm³/mol. The Bertz CT molecular complexity index is 851. The van der Waals surface area contributed by atoms with Crippen LogP contribution in [0.2, 0.25) is 0 Å². The second-order valence-electron chi connectivity index (χ2n) is 5.43. The zero-order chi connectivity index (χ0) is 18.4. The number of hydroxylamine groups is 2. The number of carbonyl (C=O) groups is 2. The molecule has 3 amide bonds. The zero-order valence-corrected chi connectivity index (χ0v) is 14.2. The lowest BCUT2D eigenvalue weighted by Gasteiger charge is -2.29. The Hall–Kier alpha value is -2.29. The number of nitrogen functional groups attached to an aromatic ring is 1. The van der Waals surface area contributed by atoms with Crippen LogP contribution in [0, 0.1) is 0 Å². The third kappa shape index (κ3) is 3.55. The minimum absolute atomic E-state index is 0.0678. The van der Waals surface area contributed by atoms with Crippen LogP contribution in [-0.4, -0.2) is 64.3 Å². The van der Waals surface area contributed by atoms with Gasteiger partial charge in [-0.2, -0.15) is 18.5 Å². The molecule has 25 heavy (non-hydrogen) atoms. The van der Waals surface area contributed by atoms with Gasteiger partial charge in [-0.25, -0.2) is 9.78 Å². The van der Waals surface area contributed by atoms with Crippen molar-refractivity contribution in [2.45, 2.75) is 24.9 Å². The highest BCUT2D eigenvalue weighted by Gasteiger charge is 2.48. The van der Waals surface area contributed by atoms with E-state index in [2.05, 4.69) is 14.3 Å². The van der Waals surface area contributed by atoms with Crippen molar-refractivity contribution < 1.29 is 26.8 Å². The van der Waals surface area contributed by atoms with Gasteiger partial charge in [-0.1, -0.05) is 0 Å². The third-order valence-corrected chi connectivity index (χ3v) is 4.97. The Labute approximate surface area is 146 Å². The average Bonchev–Trinajstić information content (AvgIpc) is 3.05. The molecular weight excluding hydrogens is 376 g/mol. The molecule has 1 aromatic rings. The van der Waals surface area contributed by atoms with Crippen molar-refractivity contribution in [1.82, 2.24) is 14.9 Å². The lowest BCUT2D eigenvalue weighted by Crippen LogP contribution is -2.48. The van der Waals surface area contributed by atoms with E-state index < -0.39 is 34.4 Å². The average molecular weight is 390 g/mol. The van der Waals surface area contributed by atoms with Gasteiger partial charge in [0.25, 0.3) is 0 Å². The number of amides is 3. The number of amidine groups is 1. The molecule has 14 heteroatoms. The first-order valence-electron chi connectivity index (χ1n) is 7.02. The molecular formula is C11H14N6O6S2. The summed E-state index contributed by atoms with van der Waals surface area (Å²) >= 11 is 1.02. The van der Waals surface area contributed by atoms with Crippen LogP contribution in [0.4, 0.5) is 10.6 Å². The van der Waals surface area contributed by atoms with Gasteiger partial charge in [0, 0.05) is 11.9 Å². The SMILES string of the molecule is NC(=NC(=O)c1nc(N)cs1)[C@@H]1CC[C@@H]2CN1C(=O)N2OS(=O)(=O)O. The van der Waals surface area contributed by atoms with Crippen molar-refractivity contribution in [3.63, 3.8) is 0 Å². The molecule has 3 heterocycles. The summed E-state index contributed by atoms with van der Waals surface area (Å²) in [5.74, 6) is -0.589. The molecule has 1 aromatic heterocycles. The highest BCUT2D eigenvalue weighted by Crippen LogP contribution is 2.30. The highest BCUT2D eigenvalue weighted by molar-refractivity contribution is 7.80. The van der Waals surface area contributed by atoms with Gasteiger partial charge >= 0.3 is 22.3 Å². The van der Waals surface area contributed by atoms with E-state index >= 15 is 0 Å². The molecule has 0 saturated carbocycles. The molecule has 2 atom stereocenters. The number of thiazole rings is 1. The topological polar surface area (TPSA) is 182 Å². The number of piperidine rings is 1. The Morgan fingerprint density at radius 3 is 2.80 bits per heavy atom. The van der Waals surface area contributed by atoms with Crippen molar-refractivity contribution in [1.29, 1.82) is 0 Å². The molecule has 2 fully saturated rings. The molecule has 2 saturated heterocycles. The van der Waals surface area contributed by atoms with E-state index in [4.69, 9.17) is 16.0 Å². The third-order valence-electron chi connectivity index (χ3n) is 3.77. The smallest absolute Gasteiger partial charge is 0.385 e. The van der Waals surface area contributed by atoms with Crippen LogP contribution >= 0.6 is 11.3 Å². The number of urea groups is 1. The molecule has 12 nitrogen and oxygen atoms in total. The number of hydrogen-bond donors (Lipinski definition) is 3. The number of nitrogens with zero attached hydrogens (tertiary/aromatic N) is 4. The molecule has 2 aliphatic heterocycles. The Morgan fingerprint density at radius 2 is 2.20 bits per heavy atom. The predicted octanol–water partition coefficient (Wildman–Crippen LogP) is -0.774. The van der Waals surface area contributed by atoms with Crippen LogP contribution in [0.15, 0.2) is 10.4 Å². The largest absolute Gasteiger partial charge is 0.418 e. The van der Waals surface area contributed by atoms with Crippen LogP contribution in [-0.2, 0) is 14.7 Å². The quantitative estimate of drug-likeness (QED) is 0.337. The molecule has 0 spiro atoms. The van der Waals surface area contributed by atoms with E-state index in [9.17, 15) is 18.0 Å². The number of carbonyl (C=O) groups excluding carboxylic acids is 2. The van der Waals surface area contributed by atoms with E-state index in [1.807, 2.05) is 0 Å². The summed E-state index contributed by atoms with van der Waals surface area (Å²) in [6, 6.07) is -2.03. The number of aromatic nitrogens is 1. The standard InChI is InChI=1S/C11H14N6O6S2/c12-7-4-24-10(14-7)9(18)15-8(13)6-2-1-5-3-16(6)11(19)17(5)23-25(20,21)22/h4-6H,1-3,12H2,(H2,13,15,18)(H,20,21,22)/t5-,6+/m1/s1. The van der Waals surface area contributed by atoms with Crippen molar-refractivity contribution in [2.24, 2.45) is 10.7 Å².